The van der Waals surface area contributed by atoms with Crippen molar-refractivity contribution in [2.24, 2.45) is 0 Å². The van der Waals surface area contributed by atoms with E-state index in [4.69, 9.17) is 25.6 Å². The van der Waals surface area contributed by atoms with Crippen LogP contribution < -0.4 is 20.1 Å². The molecule has 0 saturated carbocycles. The number of carbonyl (C=O) groups is 2. The lowest BCUT2D eigenvalue weighted by Crippen LogP contribution is -2.32. The second kappa shape index (κ2) is 14.4. The topological polar surface area (TPSA) is 131 Å². The number of unbranched alkanes of at least 4 members (excludes halogenated alkanes) is 1. The van der Waals surface area contributed by atoms with Crippen molar-refractivity contribution in [1.82, 2.24) is 5.32 Å². The van der Waals surface area contributed by atoms with Gasteiger partial charge in [-0.25, -0.2) is 0 Å². The van der Waals surface area contributed by atoms with Crippen molar-refractivity contribution >= 4 is 39.2 Å². The Hall–Kier alpha value is -3.60. The Morgan fingerprint density at radius 1 is 0.921 bits per heavy atom. The molecule has 3 N–H and O–H groups in total. The molecular formula is C27H29ClN2O7S. The first kappa shape index (κ1) is 29.0. The van der Waals surface area contributed by atoms with E-state index in [0.717, 1.165) is 19.3 Å². The van der Waals surface area contributed by atoms with Gasteiger partial charge in [0.15, 0.2) is 6.61 Å². The second-order valence-electron chi connectivity index (χ2n) is 8.33. The summed E-state index contributed by atoms with van der Waals surface area (Å²) in [7, 11) is -4.18. The van der Waals surface area contributed by atoms with Crippen LogP contribution in [-0.2, 0) is 21.3 Å². The molecule has 3 aromatic carbocycles. The Balaban J connectivity index is 1.47. The fourth-order valence-corrected chi connectivity index (χ4v) is 3.93. The van der Waals surface area contributed by atoms with Crippen LogP contribution in [0, 0.1) is 0 Å². The van der Waals surface area contributed by atoms with Crippen LogP contribution in [0.25, 0.3) is 0 Å². The normalized spacial score (nSPS) is 11.0. The van der Waals surface area contributed by atoms with Gasteiger partial charge in [-0.15, -0.1) is 0 Å². The van der Waals surface area contributed by atoms with Crippen molar-refractivity contribution in [3.05, 3.63) is 88.9 Å². The lowest BCUT2D eigenvalue weighted by molar-refractivity contribution is -0.122. The second-order valence-corrected chi connectivity index (χ2v) is 10.3. The number of anilines is 1. The molecule has 0 unspecified atom stereocenters. The van der Waals surface area contributed by atoms with Gasteiger partial charge in [0.1, 0.15) is 11.5 Å². The predicted octanol–water partition coefficient (Wildman–Crippen LogP) is 4.38. The SMILES string of the molecule is O=C(COc1ccc(Cl)cc1NC(=O)c1ccc(OCCCCc2ccccc2)cc1)NCCS(=O)(=O)O. The molecule has 0 aliphatic rings. The highest BCUT2D eigenvalue weighted by Crippen LogP contribution is 2.28. The zero-order valence-corrected chi connectivity index (χ0v) is 22.1. The summed E-state index contributed by atoms with van der Waals surface area (Å²) in [5.74, 6) is -0.768. The summed E-state index contributed by atoms with van der Waals surface area (Å²) in [4.78, 5) is 24.7. The molecule has 0 atom stereocenters. The fourth-order valence-electron chi connectivity index (χ4n) is 3.40. The monoisotopic (exact) mass is 560 g/mol. The average molecular weight is 561 g/mol. The van der Waals surface area contributed by atoms with E-state index in [1.165, 1.54) is 23.8 Å². The molecule has 0 aromatic heterocycles. The molecule has 38 heavy (non-hydrogen) atoms. The maximum atomic E-state index is 12.8. The third-order valence-electron chi connectivity index (χ3n) is 5.32. The molecule has 11 heteroatoms. The zero-order valence-electron chi connectivity index (χ0n) is 20.6. The number of halogens is 1. The molecule has 3 rings (SSSR count). The van der Waals surface area contributed by atoms with Gasteiger partial charge in [-0.05, 0) is 67.3 Å². The zero-order chi connectivity index (χ0) is 27.4. The number of nitrogens with one attached hydrogen (secondary N) is 2. The number of rotatable bonds is 14. The molecule has 0 aliphatic heterocycles. The molecule has 202 valence electrons. The summed E-state index contributed by atoms with van der Waals surface area (Å²) >= 11 is 6.06. The number of carbonyl (C=O) groups excluding carboxylic acids is 2. The largest absolute Gasteiger partial charge is 0.494 e. The van der Waals surface area contributed by atoms with Gasteiger partial charge in [0.25, 0.3) is 21.9 Å². The fraction of sp³-hybridized carbons (Fsp3) is 0.259. The van der Waals surface area contributed by atoms with Crippen LogP contribution in [0.4, 0.5) is 5.69 Å². The summed E-state index contributed by atoms with van der Waals surface area (Å²) < 4.78 is 41.4. The van der Waals surface area contributed by atoms with Crippen LogP contribution in [0.5, 0.6) is 11.5 Å². The number of ether oxygens (including phenoxy) is 2. The third-order valence-corrected chi connectivity index (χ3v) is 6.27. The summed E-state index contributed by atoms with van der Waals surface area (Å²) in [5, 5.41) is 5.38. The minimum Gasteiger partial charge on any atom is -0.494 e. The lowest BCUT2D eigenvalue weighted by atomic mass is 10.1. The molecular weight excluding hydrogens is 532 g/mol. The number of benzene rings is 3. The van der Waals surface area contributed by atoms with E-state index in [-0.39, 0.29) is 18.0 Å². The van der Waals surface area contributed by atoms with Gasteiger partial charge in [-0.1, -0.05) is 41.9 Å². The first-order chi connectivity index (χ1) is 18.2. The summed E-state index contributed by atoms with van der Waals surface area (Å²) in [5.41, 5.74) is 1.94. The Morgan fingerprint density at radius 3 is 2.37 bits per heavy atom. The minimum atomic E-state index is -4.18. The van der Waals surface area contributed by atoms with Gasteiger partial charge in [0.05, 0.1) is 18.0 Å². The van der Waals surface area contributed by atoms with Gasteiger partial charge >= 0.3 is 0 Å². The van der Waals surface area contributed by atoms with E-state index in [0.29, 0.717) is 22.9 Å². The molecule has 0 spiro atoms. The van der Waals surface area contributed by atoms with Crippen molar-refractivity contribution < 1.29 is 32.0 Å². The number of amides is 2. The standard InChI is InChI=1S/C27H29ClN2O7S/c28-22-11-14-25(37-19-26(31)29-15-17-38(33,34)35)24(18-22)30-27(32)21-9-12-23(13-10-21)36-16-5-4-8-20-6-2-1-3-7-20/h1-3,6-7,9-14,18H,4-5,8,15-17,19H2,(H,29,31)(H,30,32)(H,33,34,35). The van der Waals surface area contributed by atoms with Crippen molar-refractivity contribution in [1.29, 1.82) is 0 Å². The van der Waals surface area contributed by atoms with Gasteiger partial charge in [0.2, 0.25) is 0 Å². The van der Waals surface area contributed by atoms with E-state index < -0.39 is 34.3 Å². The quantitative estimate of drug-likeness (QED) is 0.197. The van der Waals surface area contributed by atoms with Crippen molar-refractivity contribution in [2.45, 2.75) is 19.3 Å². The molecule has 0 aliphatic carbocycles. The van der Waals surface area contributed by atoms with E-state index in [1.54, 1.807) is 24.3 Å². The van der Waals surface area contributed by atoms with Gasteiger partial charge in [-0.3, -0.25) is 14.1 Å². The average Bonchev–Trinajstić information content (AvgIpc) is 2.88. The number of hydrogen-bond donors (Lipinski definition) is 3. The molecule has 0 bridgehead atoms. The van der Waals surface area contributed by atoms with Crippen LogP contribution in [0.3, 0.4) is 0 Å². The molecule has 0 saturated heterocycles. The minimum absolute atomic E-state index is 0.197. The first-order valence-corrected chi connectivity index (χ1v) is 13.9. The van der Waals surface area contributed by atoms with E-state index in [1.807, 2.05) is 18.2 Å². The highest BCUT2D eigenvalue weighted by atomic mass is 35.5. The highest BCUT2D eigenvalue weighted by molar-refractivity contribution is 7.85. The lowest BCUT2D eigenvalue weighted by Gasteiger charge is -2.13. The van der Waals surface area contributed by atoms with Crippen molar-refractivity contribution in [2.75, 3.05) is 30.8 Å². The maximum Gasteiger partial charge on any atom is 0.266 e. The van der Waals surface area contributed by atoms with Crippen LogP contribution in [0.2, 0.25) is 5.02 Å². The molecule has 0 fully saturated rings. The van der Waals surface area contributed by atoms with Crippen molar-refractivity contribution in [3.63, 3.8) is 0 Å². The van der Waals surface area contributed by atoms with E-state index >= 15 is 0 Å². The van der Waals surface area contributed by atoms with Gasteiger partial charge in [0, 0.05) is 17.1 Å². The van der Waals surface area contributed by atoms with Crippen molar-refractivity contribution in [3.8, 4) is 11.5 Å². The molecule has 2 amide bonds. The van der Waals surface area contributed by atoms with Crippen LogP contribution in [0.1, 0.15) is 28.8 Å². The Kier molecular flexibility index (Phi) is 11.0. The van der Waals surface area contributed by atoms with Gasteiger partial charge in [-0.2, -0.15) is 8.42 Å². The predicted molar refractivity (Wildman–Crippen MR) is 146 cm³/mol. The van der Waals surface area contributed by atoms with Crippen LogP contribution >= 0.6 is 11.6 Å². The van der Waals surface area contributed by atoms with Crippen LogP contribution in [0.15, 0.2) is 72.8 Å². The Morgan fingerprint density at radius 2 is 1.66 bits per heavy atom. The molecule has 3 aromatic rings. The van der Waals surface area contributed by atoms with E-state index in [9.17, 15) is 18.0 Å². The number of aryl methyl sites for hydroxylation is 1. The summed E-state index contributed by atoms with van der Waals surface area (Å²) in [6.45, 7) is -0.128. The Bertz CT molecular complexity index is 1320. The third kappa shape index (κ3) is 10.4. The summed E-state index contributed by atoms with van der Waals surface area (Å²) in [6, 6.07) is 21.5. The smallest absolute Gasteiger partial charge is 0.266 e. The Labute approximate surface area is 226 Å². The molecule has 0 heterocycles. The first-order valence-electron chi connectivity index (χ1n) is 11.9. The highest BCUT2D eigenvalue weighted by Gasteiger charge is 2.13. The number of hydrogen-bond acceptors (Lipinski definition) is 6. The van der Waals surface area contributed by atoms with Gasteiger partial charge < -0.3 is 20.1 Å². The summed E-state index contributed by atoms with van der Waals surface area (Å²) in [6.07, 6.45) is 2.92. The maximum absolute atomic E-state index is 12.8. The van der Waals surface area contributed by atoms with E-state index in [2.05, 4.69) is 22.8 Å². The molecule has 9 nitrogen and oxygen atoms in total. The molecule has 0 radical (unpaired) electrons. The van der Waals surface area contributed by atoms with Crippen LogP contribution in [-0.4, -0.2) is 50.3 Å².